The Kier molecular flexibility index (Phi) is 8.15. The van der Waals surface area contributed by atoms with Crippen LogP contribution in [0.5, 0.6) is 0 Å². The molecule has 4 amide bonds. The maximum absolute atomic E-state index is 12.0. The van der Waals surface area contributed by atoms with Crippen LogP contribution in [0, 0.1) is 0 Å². The van der Waals surface area contributed by atoms with E-state index in [0.29, 0.717) is 0 Å². The Morgan fingerprint density at radius 1 is 0.955 bits per heavy atom. The second-order valence-corrected chi connectivity index (χ2v) is 4.40. The standard InChI is InChI=1S/C11H19N5O6/c12-4-9(19)15-5(1-2-7(13)17)10(20)16-6(11(21)22)3-8(14)18/h5-6H,1-4,12H2,(H2,13,17)(H2,14,18)(H,15,19)(H,16,20)(H,21,22). The summed E-state index contributed by atoms with van der Waals surface area (Å²) in [5.41, 5.74) is 14.9. The van der Waals surface area contributed by atoms with Gasteiger partial charge in [0.05, 0.1) is 13.0 Å². The molecule has 0 aromatic rings. The van der Waals surface area contributed by atoms with Gasteiger partial charge in [0.1, 0.15) is 12.1 Å². The topological polar surface area (TPSA) is 208 Å². The average molecular weight is 317 g/mol. The van der Waals surface area contributed by atoms with Crippen molar-refractivity contribution >= 4 is 29.6 Å². The summed E-state index contributed by atoms with van der Waals surface area (Å²) >= 11 is 0. The van der Waals surface area contributed by atoms with Crippen molar-refractivity contribution in [1.82, 2.24) is 10.6 Å². The summed E-state index contributed by atoms with van der Waals surface area (Å²) in [5, 5.41) is 13.2. The summed E-state index contributed by atoms with van der Waals surface area (Å²) in [6.45, 7) is -0.399. The predicted molar refractivity (Wildman–Crippen MR) is 72.8 cm³/mol. The van der Waals surface area contributed by atoms with Crippen molar-refractivity contribution in [2.24, 2.45) is 17.2 Å². The van der Waals surface area contributed by atoms with Crippen molar-refractivity contribution in [3.8, 4) is 0 Å². The van der Waals surface area contributed by atoms with E-state index in [4.69, 9.17) is 22.3 Å². The number of aliphatic carboxylic acids is 1. The molecule has 0 aromatic heterocycles. The van der Waals surface area contributed by atoms with Crippen LogP contribution in [-0.2, 0) is 24.0 Å². The summed E-state index contributed by atoms with van der Waals surface area (Å²) in [4.78, 5) is 55.7. The van der Waals surface area contributed by atoms with Gasteiger partial charge < -0.3 is 32.9 Å². The van der Waals surface area contributed by atoms with E-state index in [0.717, 1.165) is 0 Å². The number of nitrogens with two attached hydrogens (primary N) is 3. The zero-order valence-corrected chi connectivity index (χ0v) is 11.7. The molecule has 0 fully saturated rings. The zero-order chi connectivity index (χ0) is 17.3. The first-order chi connectivity index (χ1) is 10.2. The largest absolute Gasteiger partial charge is 0.480 e. The summed E-state index contributed by atoms with van der Waals surface area (Å²) < 4.78 is 0. The molecule has 2 atom stereocenters. The minimum atomic E-state index is -1.55. The fourth-order valence-corrected chi connectivity index (χ4v) is 1.48. The highest BCUT2D eigenvalue weighted by Crippen LogP contribution is 2.00. The van der Waals surface area contributed by atoms with E-state index < -0.39 is 54.6 Å². The number of carbonyl (C=O) groups excluding carboxylic acids is 4. The minimum absolute atomic E-state index is 0.143. The van der Waals surface area contributed by atoms with Crippen molar-refractivity contribution in [2.45, 2.75) is 31.3 Å². The summed E-state index contributed by atoms with van der Waals surface area (Å²) in [6, 6.07) is -2.76. The lowest BCUT2D eigenvalue weighted by Crippen LogP contribution is -2.53. The normalized spacial score (nSPS) is 12.8. The molecule has 0 aliphatic carbocycles. The average Bonchev–Trinajstić information content (AvgIpc) is 2.41. The van der Waals surface area contributed by atoms with Crippen LogP contribution in [-0.4, -0.2) is 53.3 Å². The quantitative estimate of drug-likeness (QED) is 0.236. The Balaban J connectivity index is 4.90. The lowest BCUT2D eigenvalue weighted by molar-refractivity contribution is -0.143. The number of rotatable bonds is 10. The van der Waals surface area contributed by atoms with Crippen molar-refractivity contribution < 1.29 is 29.1 Å². The number of carbonyl (C=O) groups is 5. The molecule has 0 aromatic carbocycles. The van der Waals surface area contributed by atoms with Crippen LogP contribution in [0.15, 0.2) is 0 Å². The molecule has 9 N–H and O–H groups in total. The molecule has 11 nitrogen and oxygen atoms in total. The van der Waals surface area contributed by atoms with Crippen LogP contribution in [0.3, 0.4) is 0 Å². The molecule has 0 rings (SSSR count). The van der Waals surface area contributed by atoms with Gasteiger partial charge in [0.25, 0.3) is 0 Å². The van der Waals surface area contributed by atoms with Crippen LogP contribution >= 0.6 is 0 Å². The van der Waals surface area contributed by atoms with Crippen LogP contribution < -0.4 is 27.8 Å². The molecule has 0 radical (unpaired) electrons. The fourth-order valence-electron chi connectivity index (χ4n) is 1.48. The number of amides is 4. The molecule has 124 valence electrons. The Labute approximate surface area is 125 Å². The van der Waals surface area contributed by atoms with E-state index in [1.807, 2.05) is 0 Å². The highest BCUT2D eigenvalue weighted by atomic mass is 16.4. The predicted octanol–water partition coefficient (Wildman–Crippen LogP) is -3.86. The van der Waals surface area contributed by atoms with Gasteiger partial charge in [-0.05, 0) is 6.42 Å². The molecular formula is C11H19N5O6. The van der Waals surface area contributed by atoms with Gasteiger partial charge in [-0.3, -0.25) is 19.2 Å². The van der Waals surface area contributed by atoms with Crippen molar-refractivity contribution in [3.05, 3.63) is 0 Å². The van der Waals surface area contributed by atoms with Crippen LogP contribution in [0.4, 0.5) is 0 Å². The number of nitrogens with one attached hydrogen (secondary N) is 2. The van der Waals surface area contributed by atoms with E-state index in [1.165, 1.54) is 0 Å². The van der Waals surface area contributed by atoms with Crippen LogP contribution in [0.25, 0.3) is 0 Å². The number of primary amides is 2. The second-order valence-electron chi connectivity index (χ2n) is 4.40. The maximum Gasteiger partial charge on any atom is 0.326 e. The third kappa shape index (κ3) is 7.79. The molecular weight excluding hydrogens is 298 g/mol. The van der Waals surface area contributed by atoms with Gasteiger partial charge in [-0.25, -0.2) is 4.79 Å². The Hall–Kier alpha value is -2.69. The first-order valence-corrected chi connectivity index (χ1v) is 6.26. The molecule has 2 unspecified atom stereocenters. The second kappa shape index (κ2) is 9.28. The number of hydrogen-bond donors (Lipinski definition) is 6. The molecule has 0 saturated heterocycles. The third-order valence-corrected chi connectivity index (χ3v) is 2.54. The molecule has 0 saturated carbocycles. The van der Waals surface area contributed by atoms with Crippen molar-refractivity contribution in [1.29, 1.82) is 0 Å². The molecule has 22 heavy (non-hydrogen) atoms. The van der Waals surface area contributed by atoms with Gasteiger partial charge in [-0.2, -0.15) is 0 Å². The lowest BCUT2D eigenvalue weighted by Gasteiger charge is -2.20. The van der Waals surface area contributed by atoms with E-state index in [-0.39, 0.29) is 12.8 Å². The minimum Gasteiger partial charge on any atom is -0.480 e. The molecule has 0 aliphatic heterocycles. The SMILES string of the molecule is NCC(=O)NC(CCC(N)=O)C(=O)NC(CC(N)=O)C(=O)O. The Bertz CT molecular complexity index is 466. The van der Waals surface area contributed by atoms with Gasteiger partial charge in [0.2, 0.25) is 23.6 Å². The molecule has 0 bridgehead atoms. The monoisotopic (exact) mass is 317 g/mol. The first-order valence-electron chi connectivity index (χ1n) is 6.26. The molecule has 11 heteroatoms. The van der Waals surface area contributed by atoms with Gasteiger partial charge in [0.15, 0.2) is 0 Å². The number of carboxylic acid groups (broad SMARTS) is 1. The van der Waals surface area contributed by atoms with E-state index in [2.05, 4.69) is 10.6 Å². The third-order valence-electron chi connectivity index (χ3n) is 2.54. The molecule has 0 heterocycles. The van der Waals surface area contributed by atoms with Gasteiger partial charge in [0, 0.05) is 6.42 Å². The number of hydrogen-bond acceptors (Lipinski definition) is 6. The van der Waals surface area contributed by atoms with E-state index in [9.17, 15) is 24.0 Å². The summed E-state index contributed by atoms with van der Waals surface area (Å²) in [7, 11) is 0. The smallest absolute Gasteiger partial charge is 0.326 e. The van der Waals surface area contributed by atoms with Crippen LogP contribution in [0.1, 0.15) is 19.3 Å². The highest BCUT2D eigenvalue weighted by molar-refractivity contribution is 5.92. The Morgan fingerprint density at radius 3 is 1.95 bits per heavy atom. The molecule has 0 aliphatic rings. The first kappa shape index (κ1) is 19.3. The number of carboxylic acids is 1. The Morgan fingerprint density at radius 2 is 1.55 bits per heavy atom. The fraction of sp³-hybridized carbons (Fsp3) is 0.545. The lowest BCUT2D eigenvalue weighted by atomic mass is 10.1. The summed E-state index contributed by atoms with van der Waals surface area (Å²) in [5.74, 6) is -4.66. The van der Waals surface area contributed by atoms with Crippen molar-refractivity contribution in [2.75, 3.05) is 6.54 Å². The maximum atomic E-state index is 12.0. The van der Waals surface area contributed by atoms with Gasteiger partial charge in [-0.1, -0.05) is 0 Å². The highest BCUT2D eigenvalue weighted by Gasteiger charge is 2.27. The van der Waals surface area contributed by atoms with Crippen molar-refractivity contribution in [3.63, 3.8) is 0 Å². The zero-order valence-electron chi connectivity index (χ0n) is 11.7. The van der Waals surface area contributed by atoms with E-state index in [1.54, 1.807) is 0 Å². The van der Waals surface area contributed by atoms with Crippen LogP contribution in [0.2, 0.25) is 0 Å². The molecule has 0 spiro atoms. The van der Waals surface area contributed by atoms with Gasteiger partial charge >= 0.3 is 5.97 Å². The summed E-state index contributed by atoms with van der Waals surface area (Å²) in [6.07, 6.45) is -0.971. The van der Waals surface area contributed by atoms with Gasteiger partial charge in [-0.15, -0.1) is 0 Å². The van der Waals surface area contributed by atoms with E-state index >= 15 is 0 Å².